The molecular weight excluding hydrogens is 290 g/mol. The van der Waals surface area contributed by atoms with Gasteiger partial charge in [-0.3, -0.25) is 0 Å². The zero-order valence-electron chi connectivity index (χ0n) is 10.5. The number of hydrogen-bond donors (Lipinski definition) is 2. The van der Waals surface area contributed by atoms with Gasteiger partial charge < -0.3 is 5.11 Å². The first-order valence-corrected chi connectivity index (χ1v) is 9.30. The summed E-state index contributed by atoms with van der Waals surface area (Å²) >= 11 is 2.94. The number of rotatable bonds is 8. The maximum Gasteiger partial charge on any atom is 0.250 e. The monoisotopic (exact) mass is 309 g/mol. The molecule has 0 spiro atoms. The van der Waals surface area contributed by atoms with Crippen molar-refractivity contribution >= 4 is 33.1 Å². The highest BCUT2D eigenvalue weighted by Gasteiger charge is 2.16. The molecule has 1 rings (SSSR count). The van der Waals surface area contributed by atoms with Crippen LogP contribution in [0, 0.1) is 0 Å². The summed E-state index contributed by atoms with van der Waals surface area (Å²) in [6, 6.07) is 3.34. The average Bonchev–Trinajstić information content (AvgIpc) is 2.78. The molecule has 18 heavy (non-hydrogen) atoms. The fourth-order valence-electron chi connectivity index (χ4n) is 1.33. The Balaban J connectivity index is 2.56. The number of thioether (sulfide) groups is 1. The second kappa shape index (κ2) is 7.49. The maximum atomic E-state index is 11.9. The molecule has 0 aliphatic heterocycles. The molecule has 7 heteroatoms. The van der Waals surface area contributed by atoms with Gasteiger partial charge in [-0.25, -0.2) is 13.1 Å². The highest BCUT2D eigenvalue weighted by atomic mass is 32.2. The van der Waals surface area contributed by atoms with Crippen molar-refractivity contribution in [3.8, 4) is 0 Å². The minimum Gasteiger partial charge on any atom is -0.396 e. The SMILES string of the molecule is CSC(C)CCNS(=O)(=O)c1ccc(CCO)s1. The molecule has 0 amide bonds. The maximum absolute atomic E-state index is 11.9. The summed E-state index contributed by atoms with van der Waals surface area (Å²) in [6.07, 6.45) is 3.33. The molecule has 0 aliphatic rings. The normalized spacial score (nSPS) is 13.7. The molecule has 1 unspecified atom stereocenters. The number of aliphatic hydroxyl groups is 1. The van der Waals surface area contributed by atoms with Crippen LogP contribution < -0.4 is 4.72 Å². The van der Waals surface area contributed by atoms with Gasteiger partial charge in [0.1, 0.15) is 4.21 Å². The molecule has 0 radical (unpaired) electrons. The molecule has 0 fully saturated rings. The Hall–Kier alpha value is -0.0800. The van der Waals surface area contributed by atoms with E-state index in [0.29, 0.717) is 22.4 Å². The smallest absolute Gasteiger partial charge is 0.250 e. The Bertz CT molecular complexity index is 456. The Morgan fingerprint density at radius 1 is 1.50 bits per heavy atom. The molecule has 1 heterocycles. The number of hydrogen-bond acceptors (Lipinski definition) is 5. The van der Waals surface area contributed by atoms with E-state index in [1.165, 1.54) is 11.3 Å². The number of aliphatic hydroxyl groups excluding tert-OH is 1. The van der Waals surface area contributed by atoms with Crippen molar-refractivity contribution in [2.45, 2.75) is 29.2 Å². The molecular formula is C11H19NO3S3. The largest absolute Gasteiger partial charge is 0.396 e. The lowest BCUT2D eigenvalue weighted by atomic mass is 10.3. The second-order valence-corrected chi connectivity index (χ2v) is 8.37. The van der Waals surface area contributed by atoms with Crippen LogP contribution in [0.1, 0.15) is 18.2 Å². The standard InChI is InChI=1S/C11H19NO3S3/c1-9(16-2)5-7-12-18(14,15)11-4-3-10(17-11)6-8-13/h3-4,9,12-13H,5-8H2,1-2H3. The van der Waals surface area contributed by atoms with Gasteiger partial charge in [-0.15, -0.1) is 11.3 Å². The Morgan fingerprint density at radius 2 is 2.22 bits per heavy atom. The summed E-state index contributed by atoms with van der Waals surface area (Å²) in [5.74, 6) is 0. The quantitative estimate of drug-likeness (QED) is 0.767. The van der Waals surface area contributed by atoms with E-state index < -0.39 is 10.0 Å². The van der Waals surface area contributed by atoms with E-state index in [2.05, 4.69) is 11.6 Å². The molecule has 2 N–H and O–H groups in total. The van der Waals surface area contributed by atoms with Gasteiger partial charge in [0.05, 0.1) is 0 Å². The van der Waals surface area contributed by atoms with Crippen LogP contribution in [0.5, 0.6) is 0 Å². The molecule has 0 bridgehead atoms. The number of thiophene rings is 1. The highest BCUT2D eigenvalue weighted by Crippen LogP contribution is 2.21. The van der Waals surface area contributed by atoms with Crippen LogP contribution in [0.3, 0.4) is 0 Å². The average molecular weight is 309 g/mol. The minimum absolute atomic E-state index is 0.0403. The van der Waals surface area contributed by atoms with Crippen molar-refractivity contribution in [1.82, 2.24) is 4.72 Å². The highest BCUT2D eigenvalue weighted by molar-refractivity contribution is 7.99. The zero-order chi connectivity index (χ0) is 13.6. The Morgan fingerprint density at radius 3 is 2.83 bits per heavy atom. The van der Waals surface area contributed by atoms with E-state index in [9.17, 15) is 8.42 Å². The summed E-state index contributed by atoms with van der Waals surface area (Å²) in [7, 11) is -3.38. The molecule has 0 aromatic carbocycles. The molecule has 4 nitrogen and oxygen atoms in total. The van der Waals surface area contributed by atoms with Gasteiger partial charge in [0.15, 0.2) is 0 Å². The third-order valence-corrected chi connectivity index (χ3v) is 6.64. The van der Waals surface area contributed by atoms with E-state index in [1.807, 2.05) is 6.26 Å². The van der Waals surface area contributed by atoms with Crippen LogP contribution in [0.25, 0.3) is 0 Å². The fourth-order valence-corrected chi connectivity index (χ4v) is 4.12. The fraction of sp³-hybridized carbons (Fsp3) is 0.636. The second-order valence-electron chi connectivity index (χ2n) is 3.93. The van der Waals surface area contributed by atoms with Crippen molar-refractivity contribution in [3.63, 3.8) is 0 Å². The predicted octanol–water partition coefficient (Wildman–Crippen LogP) is 1.70. The molecule has 1 atom stereocenters. The van der Waals surface area contributed by atoms with Crippen molar-refractivity contribution in [3.05, 3.63) is 17.0 Å². The van der Waals surface area contributed by atoms with Crippen LogP contribution in [0.15, 0.2) is 16.3 Å². The van der Waals surface area contributed by atoms with Crippen LogP contribution >= 0.6 is 23.1 Å². The van der Waals surface area contributed by atoms with Crippen LogP contribution in [-0.4, -0.2) is 38.2 Å². The van der Waals surface area contributed by atoms with Crippen molar-refractivity contribution < 1.29 is 13.5 Å². The summed E-state index contributed by atoms with van der Waals surface area (Å²) in [5, 5.41) is 9.25. The van der Waals surface area contributed by atoms with Gasteiger partial charge in [0.2, 0.25) is 10.0 Å². The van der Waals surface area contributed by atoms with E-state index in [0.717, 1.165) is 11.3 Å². The number of nitrogens with one attached hydrogen (secondary N) is 1. The van der Waals surface area contributed by atoms with Crippen LogP contribution in [0.4, 0.5) is 0 Å². The molecule has 1 aromatic rings. The van der Waals surface area contributed by atoms with Gasteiger partial charge in [-0.1, -0.05) is 6.92 Å². The predicted molar refractivity (Wildman–Crippen MR) is 77.9 cm³/mol. The van der Waals surface area contributed by atoms with Gasteiger partial charge in [-0.2, -0.15) is 11.8 Å². The van der Waals surface area contributed by atoms with Gasteiger partial charge >= 0.3 is 0 Å². The lowest BCUT2D eigenvalue weighted by molar-refractivity contribution is 0.300. The molecule has 1 aromatic heterocycles. The van der Waals surface area contributed by atoms with Gasteiger partial charge in [0, 0.05) is 29.7 Å². The third-order valence-electron chi connectivity index (χ3n) is 2.51. The Labute approximate surface area is 117 Å². The van der Waals surface area contributed by atoms with E-state index in [4.69, 9.17) is 5.11 Å². The first kappa shape index (κ1) is 16.0. The number of sulfonamides is 1. The van der Waals surface area contributed by atoms with E-state index >= 15 is 0 Å². The zero-order valence-corrected chi connectivity index (χ0v) is 13.0. The first-order valence-electron chi connectivity index (χ1n) is 5.71. The van der Waals surface area contributed by atoms with Crippen molar-refractivity contribution in [2.75, 3.05) is 19.4 Å². The lowest BCUT2D eigenvalue weighted by Crippen LogP contribution is -2.25. The summed E-state index contributed by atoms with van der Waals surface area (Å²) in [6.45, 7) is 2.57. The summed E-state index contributed by atoms with van der Waals surface area (Å²) in [4.78, 5) is 0.885. The summed E-state index contributed by atoms with van der Waals surface area (Å²) < 4.78 is 26.8. The van der Waals surface area contributed by atoms with Crippen molar-refractivity contribution in [1.29, 1.82) is 0 Å². The van der Waals surface area contributed by atoms with Crippen LogP contribution in [0.2, 0.25) is 0 Å². The topological polar surface area (TPSA) is 66.4 Å². The van der Waals surface area contributed by atoms with Crippen LogP contribution in [-0.2, 0) is 16.4 Å². The van der Waals surface area contributed by atoms with E-state index in [-0.39, 0.29) is 6.61 Å². The third kappa shape index (κ3) is 4.89. The first-order chi connectivity index (χ1) is 8.49. The molecule has 0 saturated carbocycles. The summed E-state index contributed by atoms with van der Waals surface area (Å²) in [5.41, 5.74) is 0. The van der Waals surface area contributed by atoms with Gasteiger partial charge in [-0.05, 0) is 24.8 Å². The lowest BCUT2D eigenvalue weighted by Gasteiger charge is -2.08. The minimum atomic E-state index is -3.38. The van der Waals surface area contributed by atoms with Crippen molar-refractivity contribution in [2.24, 2.45) is 0 Å². The van der Waals surface area contributed by atoms with E-state index in [1.54, 1.807) is 23.9 Å². The molecule has 0 saturated heterocycles. The van der Waals surface area contributed by atoms with Gasteiger partial charge in [0.25, 0.3) is 0 Å². The Kier molecular flexibility index (Phi) is 6.65. The molecule has 104 valence electrons. The molecule has 0 aliphatic carbocycles.